The molecule has 32 heavy (non-hydrogen) atoms. The number of sulfonamides is 1. The maximum atomic E-state index is 13.2. The van der Waals surface area contributed by atoms with Gasteiger partial charge in [0.1, 0.15) is 16.3 Å². The molecule has 9 nitrogen and oxygen atoms in total. The average Bonchev–Trinajstić information content (AvgIpc) is 3.52. The number of anilines is 1. The summed E-state index contributed by atoms with van der Waals surface area (Å²) >= 11 is 0. The standard InChI is InChI=1S/C22H28N4O5S/c1-31-18-8-4-7-17(12-18)24-21(27)16-6-5-11-26(15-16)32(29,30)19-13-20(23-14-19)22(28)25-9-2-3-10-25/h4,7-8,12-14,16,23H,2-3,5-6,9-11,15H2,1H3,(H,24,27). The summed E-state index contributed by atoms with van der Waals surface area (Å²) in [7, 11) is -2.27. The second-order valence-electron chi connectivity index (χ2n) is 8.17. The maximum Gasteiger partial charge on any atom is 0.270 e. The molecule has 2 aliphatic heterocycles. The predicted molar refractivity (Wildman–Crippen MR) is 119 cm³/mol. The van der Waals surface area contributed by atoms with Crippen molar-refractivity contribution < 1.29 is 22.7 Å². The third kappa shape index (κ3) is 4.66. The van der Waals surface area contributed by atoms with Crippen LogP contribution in [-0.2, 0) is 14.8 Å². The Kier molecular flexibility index (Phi) is 6.52. The second kappa shape index (κ2) is 9.33. The van der Waals surface area contributed by atoms with Gasteiger partial charge < -0.3 is 19.9 Å². The number of piperidine rings is 1. The maximum absolute atomic E-state index is 13.2. The quantitative estimate of drug-likeness (QED) is 0.687. The summed E-state index contributed by atoms with van der Waals surface area (Å²) in [4.78, 5) is 29.9. The van der Waals surface area contributed by atoms with Gasteiger partial charge in [-0.15, -0.1) is 0 Å². The van der Waals surface area contributed by atoms with Crippen LogP contribution in [0.5, 0.6) is 5.75 Å². The number of nitrogens with zero attached hydrogens (tertiary/aromatic N) is 2. The number of hydrogen-bond donors (Lipinski definition) is 2. The van der Waals surface area contributed by atoms with E-state index >= 15 is 0 Å². The van der Waals surface area contributed by atoms with Crippen molar-refractivity contribution in [3.63, 3.8) is 0 Å². The summed E-state index contributed by atoms with van der Waals surface area (Å²) in [6.07, 6.45) is 4.47. The van der Waals surface area contributed by atoms with E-state index in [0.29, 0.717) is 43.9 Å². The number of nitrogens with one attached hydrogen (secondary N) is 2. The topological polar surface area (TPSA) is 112 Å². The first-order chi connectivity index (χ1) is 15.4. The van der Waals surface area contributed by atoms with Gasteiger partial charge in [-0.25, -0.2) is 8.42 Å². The third-order valence-electron chi connectivity index (χ3n) is 6.01. The van der Waals surface area contributed by atoms with Gasteiger partial charge in [0.05, 0.1) is 13.0 Å². The number of benzene rings is 1. The molecular weight excluding hydrogens is 432 g/mol. The zero-order chi connectivity index (χ0) is 22.7. The van der Waals surface area contributed by atoms with Crippen LogP contribution < -0.4 is 10.1 Å². The molecule has 4 rings (SSSR count). The molecule has 2 fully saturated rings. The van der Waals surface area contributed by atoms with Gasteiger partial charge in [0.15, 0.2) is 0 Å². The molecule has 10 heteroatoms. The number of rotatable bonds is 6. The Morgan fingerprint density at radius 3 is 2.66 bits per heavy atom. The van der Waals surface area contributed by atoms with E-state index < -0.39 is 15.9 Å². The highest BCUT2D eigenvalue weighted by Gasteiger charge is 2.34. The highest BCUT2D eigenvalue weighted by Crippen LogP contribution is 2.26. The third-order valence-corrected chi connectivity index (χ3v) is 7.85. The van der Waals surface area contributed by atoms with Gasteiger partial charge in [-0.1, -0.05) is 6.07 Å². The van der Waals surface area contributed by atoms with Crippen molar-refractivity contribution in [2.24, 2.45) is 5.92 Å². The predicted octanol–water partition coefficient (Wildman–Crippen LogP) is 2.30. The summed E-state index contributed by atoms with van der Waals surface area (Å²) in [5.41, 5.74) is 0.875. The Morgan fingerprint density at radius 1 is 1.12 bits per heavy atom. The van der Waals surface area contributed by atoms with Gasteiger partial charge >= 0.3 is 0 Å². The van der Waals surface area contributed by atoms with Crippen LogP contribution in [0.2, 0.25) is 0 Å². The van der Waals surface area contributed by atoms with Crippen molar-refractivity contribution in [3.05, 3.63) is 42.2 Å². The van der Waals surface area contributed by atoms with Crippen LogP contribution in [0.4, 0.5) is 5.69 Å². The Hall–Kier alpha value is -2.85. The van der Waals surface area contributed by atoms with Crippen molar-refractivity contribution in [3.8, 4) is 5.75 Å². The fourth-order valence-corrected chi connectivity index (χ4v) is 5.72. The molecule has 2 amide bonds. The minimum absolute atomic E-state index is 0.0499. The summed E-state index contributed by atoms with van der Waals surface area (Å²) < 4.78 is 32.9. The minimum Gasteiger partial charge on any atom is -0.497 e. The lowest BCUT2D eigenvalue weighted by Gasteiger charge is -2.31. The second-order valence-corrected chi connectivity index (χ2v) is 10.1. The van der Waals surface area contributed by atoms with Crippen LogP contribution in [0.1, 0.15) is 36.2 Å². The number of methoxy groups -OCH3 is 1. The highest BCUT2D eigenvalue weighted by molar-refractivity contribution is 7.89. The number of hydrogen-bond acceptors (Lipinski definition) is 5. The number of aromatic amines is 1. The lowest BCUT2D eigenvalue weighted by atomic mass is 9.98. The minimum atomic E-state index is -3.82. The molecule has 2 aliphatic rings. The largest absolute Gasteiger partial charge is 0.497 e. The van der Waals surface area contributed by atoms with E-state index in [1.165, 1.54) is 16.6 Å². The summed E-state index contributed by atoms with van der Waals surface area (Å²) in [5, 5.41) is 2.85. The Balaban J connectivity index is 1.44. The number of carbonyl (C=O) groups excluding carboxylic acids is 2. The monoisotopic (exact) mass is 460 g/mol. The van der Waals surface area contributed by atoms with Crippen molar-refractivity contribution in [1.29, 1.82) is 0 Å². The van der Waals surface area contributed by atoms with E-state index in [1.807, 2.05) is 0 Å². The molecule has 3 heterocycles. The summed E-state index contributed by atoms with van der Waals surface area (Å²) in [6, 6.07) is 8.43. The number of aromatic nitrogens is 1. The molecule has 2 saturated heterocycles. The first kappa shape index (κ1) is 22.3. The fourth-order valence-electron chi connectivity index (χ4n) is 4.21. The van der Waals surface area contributed by atoms with E-state index in [0.717, 1.165) is 12.8 Å². The molecule has 0 spiro atoms. The van der Waals surface area contributed by atoms with Gasteiger partial charge in [-0.05, 0) is 43.9 Å². The summed E-state index contributed by atoms with van der Waals surface area (Å²) in [6.45, 7) is 1.82. The zero-order valence-corrected chi connectivity index (χ0v) is 18.9. The molecule has 1 atom stereocenters. The highest BCUT2D eigenvalue weighted by atomic mass is 32.2. The molecule has 0 bridgehead atoms. The number of H-pyrrole nitrogens is 1. The fraction of sp³-hybridized carbons (Fsp3) is 0.455. The Bertz CT molecular complexity index is 1090. The van der Waals surface area contributed by atoms with Crippen molar-refractivity contribution in [1.82, 2.24) is 14.2 Å². The van der Waals surface area contributed by atoms with Crippen LogP contribution in [0.25, 0.3) is 0 Å². The van der Waals surface area contributed by atoms with E-state index in [2.05, 4.69) is 10.3 Å². The number of amides is 2. The molecule has 0 aliphatic carbocycles. The van der Waals surface area contributed by atoms with E-state index in [4.69, 9.17) is 4.74 Å². The lowest BCUT2D eigenvalue weighted by Crippen LogP contribution is -2.43. The van der Waals surface area contributed by atoms with Crippen LogP contribution in [0, 0.1) is 5.92 Å². The molecule has 172 valence electrons. The van der Waals surface area contributed by atoms with E-state index in [1.54, 1.807) is 36.3 Å². The van der Waals surface area contributed by atoms with Crippen molar-refractivity contribution in [2.45, 2.75) is 30.6 Å². The normalized spacial score (nSPS) is 19.7. The van der Waals surface area contributed by atoms with Crippen LogP contribution in [-0.4, -0.2) is 67.7 Å². The van der Waals surface area contributed by atoms with Crippen LogP contribution in [0.3, 0.4) is 0 Å². The first-order valence-electron chi connectivity index (χ1n) is 10.8. The average molecular weight is 461 g/mol. The SMILES string of the molecule is COc1cccc(NC(=O)C2CCCN(S(=O)(=O)c3c[nH]c(C(=O)N4CCCC4)c3)C2)c1. The molecule has 0 radical (unpaired) electrons. The van der Waals surface area contributed by atoms with Gasteiger partial charge in [-0.3, -0.25) is 9.59 Å². The van der Waals surface area contributed by atoms with Crippen molar-refractivity contribution in [2.75, 3.05) is 38.6 Å². The molecule has 0 saturated carbocycles. The molecule has 1 aromatic heterocycles. The molecule has 2 aromatic rings. The van der Waals surface area contributed by atoms with Gasteiger partial charge in [0.25, 0.3) is 5.91 Å². The van der Waals surface area contributed by atoms with Gasteiger partial charge in [0, 0.05) is 44.1 Å². The first-order valence-corrected chi connectivity index (χ1v) is 12.3. The van der Waals surface area contributed by atoms with E-state index in [-0.39, 0.29) is 28.9 Å². The molecule has 2 N–H and O–H groups in total. The van der Waals surface area contributed by atoms with Crippen LogP contribution >= 0.6 is 0 Å². The molecular formula is C22H28N4O5S. The van der Waals surface area contributed by atoms with Crippen molar-refractivity contribution >= 4 is 27.5 Å². The molecule has 1 aromatic carbocycles. The van der Waals surface area contributed by atoms with E-state index in [9.17, 15) is 18.0 Å². The lowest BCUT2D eigenvalue weighted by molar-refractivity contribution is -0.120. The Labute approximate surface area is 187 Å². The molecule has 1 unspecified atom stereocenters. The zero-order valence-electron chi connectivity index (χ0n) is 18.0. The smallest absolute Gasteiger partial charge is 0.270 e. The number of likely N-dealkylation sites (tertiary alicyclic amines) is 1. The summed E-state index contributed by atoms with van der Waals surface area (Å²) in [5.74, 6) is -0.244. The number of carbonyl (C=O) groups is 2. The van der Waals surface area contributed by atoms with Crippen LogP contribution in [0.15, 0.2) is 41.4 Å². The number of ether oxygens (including phenoxy) is 1. The Morgan fingerprint density at radius 2 is 1.91 bits per heavy atom. The van der Waals surface area contributed by atoms with Gasteiger partial charge in [-0.2, -0.15) is 4.31 Å². The van der Waals surface area contributed by atoms with Gasteiger partial charge in [0.2, 0.25) is 15.9 Å².